The maximum Gasteiger partial charge on any atom is 0.118 e. The van der Waals surface area contributed by atoms with Crippen LogP contribution in [0.4, 0.5) is 5.69 Å². The van der Waals surface area contributed by atoms with Gasteiger partial charge in [-0.1, -0.05) is 18.2 Å². The number of para-hydroxylation sites is 1. The van der Waals surface area contributed by atoms with E-state index in [0.29, 0.717) is 12.1 Å². The number of nitrogens with one attached hydrogen (secondary N) is 2. The second-order valence-electron chi connectivity index (χ2n) is 9.23. The van der Waals surface area contributed by atoms with E-state index in [0.717, 1.165) is 41.7 Å². The number of rotatable bonds is 5. The summed E-state index contributed by atoms with van der Waals surface area (Å²) in [5, 5.41) is 8.60. The Kier molecular flexibility index (Phi) is 6.28. The van der Waals surface area contributed by atoms with E-state index in [-0.39, 0.29) is 0 Å². The number of nitrogens with zero attached hydrogens (tertiary/aromatic N) is 2. The Hall–Kier alpha value is -2.63. The molecule has 0 spiro atoms. The fourth-order valence-electron chi connectivity index (χ4n) is 5.43. The van der Waals surface area contributed by atoms with Gasteiger partial charge in [0, 0.05) is 41.3 Å². The molecule has 2 saturated heterocycles. The Morgan fingerprint density at radius 2 is 1.81 bits per heavy atom. The van der Waals surface area contributed by atoms with Crippen molar-refractivity contribution >= 4 is 16.6 Å². The van der Waals surface area contributed by atoms with Crippen molar-refractivity contribution in [3.63, 3.8) is 0 Å². The van der Waals surface area contributed by atoms with Crippen LogP contribution in [0.15, 0.2) is 54.6 Å². The zero-order chi connectivity index (χ0) is 21.9. The fraction of sp³-hybridized carbons (Fsp3) is 0.444. The van der Waals surface area contributed by atoms with Gasteiger partial charge in [-0.05, 0) is 82.1 Å². The average molecular weight is 431 g/mol. The summed E-state index contributed by atoms with van der Waals surface area (Å²) in [6.45, 7) is 5.90. The highest BCUT2D eigenvalue weighted by atomic mass is 16.5. The van der Waals surface area contributed by atoms with Crippen LogP contribution in [0.25, 0.3) is 22.2 Å². The zero-order valence-corrected chi connectivity index (χ0v) is 19.2. The van der Waals surface area contributed by atoms with Crippen LogP contribution in [0.5, 0.6) is 5.75 Å². The summed E-state index contributed by atoms with van der Waals surface area (Å²) < 4.78 is 5.32. The summed E-state index contributed by atoms with van der Waals surface area (Å²) in [5.41, 5.74) is 4.32. The first-order valence-corrected chi connectivity index (χ1v) is 12.0. The number of ether oxygens (including phenoxy) is 1. The van der Waals surface area contributed by atoms with Gasteiger partial charge in [-0.3, -0.25) is 4.90 Å². The molecule has 0 radical (unpaired) electrons. The van der Waals surface area contributed by atoms with Gasteiger partial charge in [0.15, 0.2) is 0 Å². The molecule has 2 aliphatic rings. The SMILES string of the molecule is COc1ccc(-c2cc(NC3CCN(C4CCNCC4)[C@H](C)C3)c3ccccc3n2)cc1. The number of benzene rings is 2. The van der Waals surface area contributed by atoms with Crippen LogP contribution in [-0.2, 0) is 0 Å². The van der Waals surface area contributed by atoms with Crippen molar-refractivity contribution in [3.8, 4) is 17.0 Å². The molecule has 5 heteroatoms. The summed E-state index contributed by atoms with van der Waals surface area (Å²) in [6, 6.07) is 20.7. The standard InChI is InChI=1S/C27H34N4O/c1-19-17-21(13-16-31(19)22-11-14-28-15-12-22)29-27-18-26(20-7-9-23(32-2)10-8-20)30-25-6-4-3-5-24(25)27/h3-10,18-19,21-22,28H,11-17H2,1-2H3,(H,29,30)/t19-,21?/m1/s1. The Labute approximate surface area is 191 Å². The summed E-state index contributed by atoms with van der Waals surface area (Å²) in [4.78, 5) is 7.70. The molecule has 5 nitrogen and oxygen atoms in total. The largest absolute Gasteiger partial charge is 0.497 e. The van der Waals surface area contributed by atoms with Gasteiger partial charge < -0.3 is 15.4 Å². The van der Waals surface area contributed by atoms with Gasteiger partial charge in [-0.15, -0.1) is 0 Å². The van der Waals surface area contributed by atoms with Crippen molar-refractivity contribution in [1.82, 2.24) is 15.2 Å². The third-order valence-electron chi connectivity index (χ3n) is 7.17. The van der Waals surface area contributed by atoms with Crippen LogP contribution >= 0.6 is 0 Å². The monoisotopic (exact) mass is 430 g/mol. The Morgan fingerprint density at radius 3 is 2.56 bits per heavy atom. The molecule has 168 valence electrons. The predicted molar refractivity (Wildman–Crippen MR) is 132 cm³/mol. The number of pyridine rings is 1. The average Bonchev–Trinajstić information content (AvgIpc) is 2.85. The van der Waals surface area contributed by atoms with E-state index in [1.165, 1.54) is 43.3 Å². The minimum absolute atomic E-state index is 0.484. The van der Waals surface area contributed by atoms with Gasteiger partial charge in [0.1, 0.15) is 5.75 Å². The zero-order valence-electron chi connectivity index (χ0n) is 19.2. The number of likely N-dealkylation sites (tertiary alicyclic amines) is 1. The van der Waals surface area contributed by atoms with E-state index in [2.05, 4.69) is 64.9 Å². The van der Waals surface area contributed by atoms with Gasteiger partial charge >= 0.3 is 0 Å². The van der Waals surface area contributed by atoms with Crippen LogP contribution < -0.4 is 15.4 Å². The molecule has 2 aromatic carbocycles. The van der Waals surface area contributed by atoms with Gasteiger partial charge in [0.05, 0.1) is 18.3 Å². The number of piperidine rings is 2. The lowest BCUT2D eigenvalue weighted by Gasteiger charge is -2.44. The molecule has 1 unspecified atom stereocenters. The maximum atomic E-state index is 5.32. The van der Waals surface area contributed by atoms with Crippen LogP contribution in [0.2, 0.25) is 0 Å². The van der Waals surface area contributed by atoms with Crippen molar-refractivity contribution in [2.75, 3.05) is 32.1 Å². The lowest BCUT2D eigenvalue weighted by molar-refractivity contribution is 0.0810. The summed E-state index contributed by atoms with van der Waals surface area (Å²) in [6.07, 6.45) is 4.92. The summed E-state index contributed by atoms with van der Waals surface area (Å²) in [7, 11) is 1.70. The minimum atomic E-state index is 0.484. The minimum Gasteiger partial charge on any atom is -0.497 e. The molecule has 2 fully saturated rings. The Bertz CT molecular complexity index is 1050. The van der Waals surface area contributed by atoms with Gasteiger partial charge in [0.2, 0.25) is 0 Å². The summed E-state index contributed by atoms with van der Waals surface area (Å²) in [5.74, 6) is 0.863. The van der Waals surface area contributed by atoms with Crippen molar-refractivity contribution in [2.24, 2.45) is 0 Å². The van der Waals surface area contributed by atoms with Crippen LogP contribution in [0.3, 0.4) is 0 Å². The number of methoxy groups -OCH3 is 1. The maximum absolute atomic E-state index is 5.32. The molecule has 2 N–H and O–H groups in total. The number of aromatic nitrogens is 1. The highest BCUT2D eigenvalue weighted by Gasteiger charge is 2.31. The molecule has 32 heavy (non-hydrogen) atoms. The lowest BCUT2D eigenvalue weighted by Crippen LogP contribution is -2.52. The van der Waals surface area contributed by atoms with E-state index in [4.69, 9.17) is 9.72 Å². The molecule has 3 heterocycles. The van der Waals surface area contributed by atoms with Crippen LogP contribution in [0.1, 0.15) is 32.6 Å². The van der Waals surface area contributed by atoms with Crippen molar-refractivity contribution in [2.45, 2.75) is 50.7 Å². The van der Waals surface area contributed by atoms with Crippen molar-refractivity contribution < 1.29 is 4.74 Å². The summed E-state index contributed by atoms with van der Waals surface area (Å²) >= 11 is 0. The second kappa shape index (κ2) is 9.47. The normalized spacial score (nSPS) is 22.7. The molecular weight excluding hydrogens is 396 g/mol. The van der Waals surface area contributed by atoms with Gasteiger partial charge in [-0.2, -0.15) is 0 Å². The number of hydrogen-bond acceptors (Lipinski definition) is 5. The predicted octanol–water partition coefficient (Wildman–Crippen LogP) is 4.93. The quantitative estimate of drug-likeness (QED) is 0.601. The molecule has 0 amide bonds. The fourth-order valence-corrected chi connectivity index (χ4v) is 5.43. The number of hydrogen-bond donors (Lipinski definition) is 2. The first-order valence-electron chi connectivity index (χ1n) is 12.0. The Balaban J connectivity index is 1.37. The topological polar surface area (TPSA) is 49.4 Å². The van der Waals surface area contributed by atoms with E-state index in [9.17, 15) is 0 Å². The van der Waals surface area contributed by atoms with Crippen LogP contribution in [0, 0.1) is 0 Å². The number of fused-ring (bicyclic) bond motifs is 1. The number of anilines is 1. The highest BCUT2D eigenvalue weighted by molar-refractivity contribution is 5.93. The lowest BCUT2D eigenvalue weighted by atomic mass is 9.93. The second-order valence-corrected chi connectivity index (χ2v) is 9.23. The molecule has 5 rings (SSSR count). The Morgan fingerprint density at radius 1 is 1.03 bits per heavy atom. The molecule has 1 aromatic heterocycles. The molecular formula is C27H34N4O. The van der Waals surface area contributed by atoms with E-state index in [1.807, 2.05) is 12.1 Å². The van der Waals surface area contributed by atoms with E-state index in [1.54, 1.807) is 7.11 Å². The first kappa shape index (κ1) is 21.2. The van der Waals surface area contributed by atoms with Gasteiger partial charge in [-0.25, -0.2) is 4.98 Å². The smallest absolute Gasteiger partial charge is 0.118 e. The van der Waals surface area contributed by atoms with E-state index >= 15 is 0 Å². The molecule has 0 saturated carbocycles. The first-order chi connectivity index (χ1) is 15.7. The third-order valence-corrected chi connectivity index (χ3v) is 7.17. The molecule has 0 bridgehead atoms. The molecule has 2 atom stereocenters. The van der Waals surface area contributed by atoms with E-state index < -0.39 is 0 Å². The molecule has 2 aliphatic heterocycles. The molecule has 0 aliphatic carbocycles. The highest BCUT2D eigenvalue weighted by Crippen LogP contribution is 2.32. The van der Waals surface area contributed by atoms with Crippen LogP contribution in [-0.4, -0.2) is 54.8 Å². The third kappa shape index (κ3) is 4.45. The van der Waals surface area contributed by atoms with Gasteiger partial charge in [0.25, 0.3) is 0 Å². The van der Waals surface area contributed by atoms with Crippen molar-refractivity contribution in [3.05, 3.63) is 54.6 Å². The van der Waals surface area contributed by atoms with Crippen molar-refractivity contribution in [1.29, 1.82) is 0 Å². The molecule has 3 aromatic rings.